The number of amidine groups is 1. The average molecular weight is 424 g/mol. The number of nitrogens with one attached hydrogen (secondary N) is 1. The fourth-order valence-corrected chi connectivity index (χ4v) is 5.09. The summed E-state index contributed by atoms with van der Waals surface area (Å²) < 4.78 is 27.5. The number of hydrogen-bond acceptors (Lipinski definition) is 6. The third-order valence-corrected chi connectivity index (χ3v) is 6.67. The van der Waals surface area contributed by atoms with Crippen LogP contribution in [0.25, 0.3) is 0 Å². The van der Waals surface area contributed by atoms with Crippen LogP contribution in [0.1, 0.15) is 29.4 Å². The third kappa shape index (κ3) is 3.12. The third-order valence-electron chi connectivity index (χ3n) is 5.18. The number of nitrogens with two attached hydrogens (primary N) is 1. The van der Waals surface area contributed by atoms with E-state index in [-0.39, 0.29) is 28.0 Å². The Labute approximate surface area is 169 Å². The average Bonchev–Trinajstić information content (AvgIpc) is 3.39. The molecule has 2 aromatic rings. The molecular formula is C18H16ClF2N5OS. The summed E-state index contributed by atoms with van der Waals surface area (Å²) in [7, 11) is 0. The quantitative estimate of drug-likeness (QED) is 0.734. The van der Waals surface area contributed by atoms with Gasteiger partial charge >= 0.3 is 0 Å². The standard InChI is InChI=1S/C18H16ClF2N5OS/c1-17(13-5-18(13,8-20)28-16(22)26-17)11-4-10(7-24-14(11)21)25-15(27)12-3-2-9(19)6-23-12/h2-4,6-7,13H,5,8H2,1H3,(H2,22,26)(H,25,27)/t13-,17-,18+/m0/s1. The van der Waals surface area contributed by atoms with E-state index in [0.717, 1.165) is 0 Å². The van der Waals surface area contributed by atoms with Gasteiger partial charge in [0, 0.05) is 17.7 Å². The van der Waals surface area contributed by atoms with E-state index < -0.39 is 28.8 Å². The van der Waals surface area contributed by atoms with Crippen molar-refractivity contribution in [2.24, 2.45) is 16.6 Å². The van der Waals surface area contributed by atoms with E-state index in [9.17, 15) is 13.6 Å². The number of hydrogen-bond donors (Lipinski definition) is 2. The van der Waals surface area contributed by atoms with Crippen LogP contribution in [-0.2, 0) is 5.54 Å². The summed E-state index contributed by atoms with van der Waals surface area (Å²) >= 11 is 6.97. The van der Waals surface area contributed by atoms with Crippen LogP contribution in [0, 0.1) is 11.9 Å². The lowest BCUT2D eigenvalue weighted by molar-refractivity contribution is 0.102. The zero-order chi connectivity index (χ0) is 20.1. The highest BCUT2D eigenvalue weighted by Gasteiger charge is 2.66. The number of amides is 1. The number of aliphatic imine (C=N–C) groups is 1. The largest absolute Gasteiger partial charge is 0.378 e. The molecule has 0 bridgehead atoms. The molecule has 1 aliphatic carbocycles. The molecule has 10 heteroatoms. The molecule has 0 saturated heterocycles. The number of thioether (sulfide) groups is 1. The van der Waals surface area contributed by atoms with Crippen molar-refractivity contribution in [1.29, 1.82) is 0 Å². The first-order valence-corrected chi connectivity index (χ1v) is 9.66. The van der Waals surface area contributed by atoms with Gasteiger partial charge in [-0.25, -0.2) is 14.4 Å². The van der Waals surface area contributed by atoms with E-state index >= 15 is 0 Å². The van der Waals surface area contributed by atoms with Crippen molar-refractivity contribution in [3.8, 4) is 0 Å². The summed E-state index contributed by atoms with van der Waals surface area (Å²) in [6.07, 6.45) is 3.10. The van der Waals surface area contributed by atoms with Gasteiger partial charge < -0.3 is 11.1 Å². The van der Waals surface area contributed by atoms with Crippen molar-refractivity contribution in [3.05, 3.63) is 52.8 Å². The van der Waals surface area contributed by atoms with Gasteiger partial charge in [0.05, 0.1) is 27.2 Å². The van der Waals surface area contributed by atoms with E-state index in [0.29, 0.717) is 11.4 Å². The normalized spacial score (nSPS) is 28.3. The number of aromatic nitrogens is 2. The molecule has 28 heavy (non-hydrogen) atoms. The maximum atomic E-state index is 14.6. The minimum atomic E-state index is -1.06. The van der Waals surface area contributed by atoms with Crippen molar-refractivity contribution in [1.82, 2.24) is 9.97 Å². The summed E-state index contributed by atoms with van der Waals surface area (Å²) in [5, 5.41) is 3.25. The summed E-state index contributed by atoms with van der Waals surface area (Å²) in [6, 6.07) is 4.48. The number of halogens is 3. The molecule has 1 saturated carbocycles. The highest BCUT2D eigenvalue weighted by atomic mass is 35.5. The Morgan fingerprint density at radius 1 is 1.43 bits per heavy atom. The smallest absolute Gasteiger partial charge is 0.274 e. The maximum Gasteiger partial charge on any atom is 0.274 e. The zero-order valence-electron chi connectivity index (χ0n) is 14.7. The van der Waals surface area contributed by atoms with Gasteiger partial charge in [-0.05, 0) is 31.5 Å². The van der Waals surface area contributed by atoms with Gasteiger partial charge in [0.25, 0.3) is 5.91 Å². The molecule has 0 aromatic carbocycles. The van der Waals surface area contributed by atoms with Crippen LogP contribution in [0.3, 0.4) is 0 Å². The van der Waals surface area contributed by atoms with E-state index in [1.165, 1.54) is 36.3 Å². The second-order valence-corrected chi connectivity index (χ2v) is 8.90. The zero-order valence-corrected chi connectivity index (χ0v) is 16.3. The van der Waals surface area contributed by atoms with E-state index in [4.69, 9.17) is 17.3 Å². The van der Waals surface area contributed by atoms with Crippen molar-refractivity contribution >= 4 is 40.1 Å². The van der Waals surface area contributed by atoms with Crippen LogP contribution in [-0.4, -0.2) is 32.5 Å². The Hall–Kier alpha value is -2.26. The molecule has 0 radical (unpaired) electrons. The molecule has 3 N–H and O–H groups in total. The molecule has 2 aromatic heterocycles. The molecule has 0 spiro atoms. The fourth-order valence-electron chi connectivity index (χ4n) is 3.65. The number of rotatable bonds is 4. The van der Waals surface area contributed by atoms with Crippen LogP contribution in [0.4, 0.5) is 14.5 Å². The Morgan fingerprint density at radius 2 is 2.21 bits per heavy atom. The van der Waals surface area contributed by atoms with Crippen molar-refractivity contribution < 1.29 is 13.6 Å². The number of carbonyl (C=O) groups excluding carboxylic acids is 1. The van der Waals surface area contributed by atoms with Gasteiger partial charge in [-0.15, -0.1) is 0 Å². The number of pyridine rings is 2. The predicted molar refractivity (Wildman–Crippen MR) is 105 cm³/mol. The lowest BCUT2D eigenvalue weighted by Crippen LogP contribution is -2.37. The SMILES string of the molecule is C[C@@]1(c2cc(NC(=O)c3ccc(Cl)cn3)cnc2F)N=C(N)S[C@@]2(CF)C[C@H]21. The molecule has 2 aliphatic rings. The maximum absolute atomic E-state index is 14.6. The molecule has 3 atom stereocenters. The van der Waals surface area contributed by atoms with Crippen LogP contribution in [0.5, 0.6) is 0 Å². The minimum absolute atomic E-state index is 0.149. The molecule has 1 amide bonds. The van der Waals surface area contributed by atoms with Gasteiger partial charge in [-0.2, -0.15) is 4.39 Å². The Bertz CT molecular complexity index is 988. The number of nitrogens with zero attached hydrogens (tertiary/aromatic N) is 3. The molecule has 0 unspecified atom stereocenters. The molecule has 3 heterocycles. The lowest BCUT2D eigenvalue weighted by atomic mass is 9.86. The highest BCUT2D eigenvalue weighted by Crippen LogP contribution is 2.66. The first-order valence-electron chi connectivity index (χ1n) is 8.47. The van der Waals surface area contributed by atoms with Gasteiger partial charge in [0.2, 0.25) is 5.95 Å². The second kappa shape index (κ2) is 6.66. The molecule has 146 valence electrons. The monoisotopic (exact) mass is 423 g/mol. The topological polar surface area (TPSA) is 93.3 Å². The van der Waals surface area contributed by atoms with Crippen molar-refractivity contribution in [2.75, 3.05) is 12.0 Å². The lowest BCUT2D eigenvalue weighted by Gasteiger charge is -2.33. The summed E-state index contributed by atoms with van der Waals surface area (Å²) in [6.45, 7) is 1.15. The second-order valence-electron chi connectivity index (χ2n) is 7.03. The van der Waals surface area contributed by atoms with Crippen LogP contribution in [0.15, 0.2) is 35.6 Å². The number of carbonyl (C=O) groups is 1. The number of fused-ring (bicyclic) bond motifs is 1. The molecule has 1 aliphatic heterocycles. The van der Waals surface area contributed by atoms with Crippen molar-refractivity contribution in [3.63, 3.8) is 0 Å². The van der Waals surface area contributed by atoms with Crippen LogP contribution >= 0.6 is 23.4 Å². The van der Waals surface area contributed by atoms with Gasteiger partial charge in [-0.1, -0.05) is 23.4 Å². The summed E-state index contributed by atoms with van der Waals surface area (Å²) in [4.78, 5) is 24.5. The first kappa shape index (κ1) is 19.1. The summed E-state index contributed by atoms with van der Waals surface area (Å²) in [5.74, 6) is -1.43. The Kier molecular flexibility index (Phi) is 4.54. The summed E-state index contributed by atoms with van der Waals surface area (Å²) in [5.41, 5.74) is 5.43. The molecule has 1 fully saturated rings. The molecule has 6 nitrogen and oxygen atoms in total. The van der Waals surface area contributed by atoms with Crippen LogP contribution in [0.2, 0.25) is 5.02 Å². The van der Waals surface area contributed by atoms with Gasteiger partial charge in [-0.3, -0.25) is 9.79 Å². The van der Waals surface area contributed by atoms with E-state index in [2.05, 4.69) is 20.3 Å². The van der Waals surface area contributed by atoms with E-state index in [1.807, 2.05) is 0 Å². The molecular weight excluding hydrogens is 408 g/mol. The predicted octanol–water partition coefficient (Wildman–Crippen LogP) is 3.53. The van der Waals surface area contributed by atoms with Gasteiger partial charge in [0.1, 0.15) is 12.4 Å². The van der Waals surface area contributed by atoms with Crippen molar-refractivity contribution in [2.45, 2.75) is 23.6 Å². The molecule has 4 rings (SSSR count). The fraction of sp³-hybridized carbons (Fsp3) is 0.333. The number of alkyl halides is 1. The Balaban J connectivity index is 1.65. The highest BCUT2D eigenvalue weighted by molar-refractivity contribution is 8.15. The minimum Gasteiger partial charge on any atom is -0.378 e. The first-order chi connectivity index (χ1) is 13.3. The Morgan fingerprint density at radius 3 is 2.89 bits per heavy atom. The van der Waals surface area contributed by atoms with Gasteiger partial charge in [0.15, 0.2) is 5.17 Å². The number of anilines is 1. The van der Waals surface area contributed by atoms with Crippen LogP contribution < -0.4 is 11.1 Å². The van der Waals surface area contributed by atoms with E-state index in [1.54, 1.807) is 13.0 Å².